The van der Waals surface area contributed by atoms with Crippen molar-refractivity contribution in [1.29, 1.82) is 0 Å². The summed E-state index contributed by atoms with van der Waals surface area (Å²) in [5.41, 5.74) is 1.68. The number of nitrogens with one attached hydrogen (secondary N) is 2. The molecule has 3 heterocycles. The van der Waals surface area contributed by atoms with Crippen molar-refractivity contribution < 1.29 is 36.4 Å². The van der Waals surface area contributed by atoms with E-state index in [2.05, 4.69) is 36.0 Å². The van der Waals surface area contributed by atoms with Crippen molar-refractivity contribution in [3.8, 4) is 0 Å². The number of aromatic nitrogens is 3. The molecule has 222 valence electrons. The lowest BCUT2D eigenvalue weighted by Crippen LogP contribution is -2.41. The maximum atomic E-state index is 14.5. The molecule has 0 atom stereocenters. The molecule has 0 saturated heterocycles. The van der Waals surface area contributed by atoms with E-state index in [4.69, 9.17) is 11.6 Å². The standard InChI is InChI=1S/C23H19ClF5N9O4/c24-17-9-31-19(32-12-22(25,26)16-3-1-2-8-30-16)20(40)36(17)11-18(39)38(42-21(41)23(27,28)29)10-14-4-6-15(7-5-14)37-13-33-34-35-37/h1-9H,10-13H2,(H,31,32)(H,33,35). The maximum Gasteiger partial charge on any atom is 0.493 e. The van der Waals surface area contributed by atoms with Gasteiger partial charge in [0.2, 0.25) is 0 Å². The zero-order chi connectivity index (χ0) is 30.5. The van der Waals surface area contributed by atoms with Crippen molar-refractivity contribution >= 4 is 35.0 Å². The molecule has 1 amide bonds. The topological polar surface area (TPSA) is 146 Å². The zero-order valence-corrected chi connectivity index (χ0v) is 21.8. The third-order valence-corrected chi connectivity index (χ3v) is 5.84. The molecular formula is C23H19ClF5N9O4. The van der Waals surface area contributed by atoms with Crippen LogP contribution in [-0.2, 0) is 33.4 Å². The highest BCUT2D eigenvalue weighted by Gasteiger charge is 2.43. The van der Waals surface area contributed by atoms with E-state index in [9.17, 15) is 36.3 Å². The van der Waals surface area contributed by atoms with E-state index in [0.717, 1.165) is 18.5 Å². The van der Waals surface area contributed by atoms with Crippen LogP contribution in [-0.4, -0.2) is 50.9 Å². The zero-order valence-electron chi connectivity index (χ0n) is 21.1. The van der Waals surface area contributed by atoms with Gasteiger partial charge in [0.25, 0.3) is 11.5 Å². The SMILES string of the molecule is O=C(Cn1c(Cl)cnc(NCC(F)(F)c2ccccn2)c1=O)N(Cc1ccc(N2CN=NN2)cc1)OC(=O)C(F)(F)F. The first-order valence-corrected chi connectivity index (χ1v) is 12.1. The second-order valence-corrected chi connectivity index (χ2v) is 8.87. The predicted octanol–water partition coefficient (Wildman–Crippen LogP) is 3.19. The Labute approximate surface area is 237 Å². The molecule has 2 aromatic heterocycles. The summed E-state index contributed by atoms with van der Waals surface area (Å²) in [5, 5.41) is 10.7. The summed E-state index contributed by atoms with van der Waals surface area (Å²) in [5.74, 6) is -8.15. The Hall–Kier alpha value is -4.87. The van der Waals surface area contributed by atoms with Crippen LogP contribution >= 0.6 is 11.6 Å². The van der Waals surface area contributed by atoms with Crippen LogP contribution in [0, 0.1) is 0 Å². The van der Waals surface area contributed by atoms with E-state index in [-0.39, 0.29) is 17.3 Å². The van der Waals surface area contributed by atoms with Gasteiger partial charge in [0.15, 0.2) is 12.5 Å². The van der Waals surface area contributed by atoms with Gasteiger partial charge in [0.1, 0.15) is 17.4 Å². The molecule has 13 nitrogen and oxygen atoms in total. The van der Waals surface area contributed by atoms with Crippen LogP contribution in [0.3, 0.4) is 0 Å². The number of benzene rings is 1. The number of anilines is 2. The highest BCUT2D eigenvalue weighted by Crippen LogP contribution is 2.26. The number of halogens is 6. The average molecular weight is 616 g/mol. The van der Waals surface area contributed by atoms with Crippen LogP contribution in [0.5, 0.6) is 0 Å². The van der Waals surface area contributed by atoms with Crippen LogP contribution in [0.4, 0.5) is 33.5 Å². The molecule has 0 aliphatic carbocycles. The van der Waals surface area contributed by atoms with Crippen LogP contribution in [0.25, 0.3) is 0 Å². The number of alkyl halides is 5. The van der Waals surface area contributed by atoms with E-state index in [1.807, 2.05) is 0 Å². The monoisotopic (exact) mass is 615 g/mol. The lowest BCUT2D eigenvalue weighted by atomic mass is 10.2. The molecule has 0 fully saturated rings. The molecule has 19 heteroatoms. The number of carbonyl (C=O) groups excluding carboxylic acids is 2. The number of carbonyl (C=O) groups is 2. The molecular weight excluding hydrogens is 597 g/mol. The Morgan fingerprint density at radius 2 is 1.83 bits per heavy atom. The number of hydrogen-bond acceptors (Lipinski definition) is 11. The maximum absolute atomic E-state index is 14.5. The van der Waals surface area contributed by atoms with Gasteiger partial charge in [-0.2, -0.15) is 32.6 Å². The average Bonchev–Trinajstić information content (AvgIpc) is 3.50. The first-order valence-electron chi connectivity index (χ1n) is 11.7. The molecule has 4 rings (SSSR count). The molecule has 0 saturated carbocycles. The third-order valence-electron chi connectivity index (χ3n) is 5.53. The molecule has 0 unspecified atom stereocenters. The second kappa shape index (κ2) is 12.3. The van der Waals surface area contributed by atoms with Gasteiger partial charge in [-0.15, -0.1) is 5.11 Å². The molecule has 1 aliphatic rings. The van der Waals surface area contributed by atoms with Gasteiger partial charge < -0.3 is 10.2 Å². The minimum Gasteiger partial charge on any atom is -0.359 e. The number of rotatable bonds is 9. The molecule has 0 radical (unpaired) electrons. The molecule has 1 aromatic carbocycles. The van der Waals surface area contributed by atoms with Gasteiger partial charge in [0, 0.05) is 6.20 Å². The summed E-state index contributed by atoms with van der Waals surface area (Å²) in [4.78, 5) is 49.0. The number of hydroxylamine groups is 2. The van der Waals surface area contributed by atoms with Crippen LogP contribution in [0.1, 0.15) is 11.3 Å². The minimum absolute atomic E-state index is 0.106. The van der Waals surface area contributed by atoms with E-state index in [1.165, 1.54) is 41.4 Å². The number of amides is 1. The van der Waals surface area contributed by atoms with Crippen LogP contribution in [0.15, 0.2) is 70.0 Å². The molecule has 42 heavy (non-hydrogen) atoms. The smallest absolute Gasteiger partial charge is 0.359 e. The molecule has 1 aliphatic heterocycles. The fourth-order valence-electron chi connectivity index (χ4n) is 3.44. The predicted molar refractivity (Wildman–Crippen MR) is 135 cm³/mol. The van der Waals surface area contributed by atoms with Gasteiger partial charge in [0.05, 0.1) is 25.0 Å². The van der Waals surface area contributed by atoms with Gasteiger partial charge in [-0.3, -0.25) is 19.1 Å². The van der Waals surface area contributed by atoms with Gasteiger partial charge in [-0.1, -0.05) is 35.0 Å². The summed E-state index contributed by atoms with van der Waals surface area (Å²) < 4.78 is 68.4. The van der Waals surface area contributed by atoms with Crippen molar-refractivity contribution in [3.05, 3.63) is 81.6 Å². The Bertz CT molecular complexity index is 1510. The summed E-state index contributed by atoms with van der Waals surface area (Å²) in [6, 6.07) is 9.81. The number of hydrazine groups is 1. The fourth-order valence-corrected chi connectivity index (χ4v) is 3.62. The largest absolute Gasteiger partial charge is 0.493 e. The van der Waals surface area contributed by atoms with E-state index < -0.39 is 65.8 Å². The van der Waals surface area contributed by atoms with E-state index >= 15 is 0 Å². The minimum atomic E-state index is -5.45. The quantitative estimate of drug-likeness (QED) is 0.274. The normalized spacial score (nSPS) is 13.0. The Morgan fingerprint density at radius 3 is 2.45 bits per heavy atom. The molecule has 0 bridgehead atoms. The Balaban J connectivity index is 1.52. The lowest BCUT2D eigenvalue weighted by molar-refractivity contribution is -0.239. The number of hydrogen-bond donors (Lipinski definition) is 2. The third kappa shape index (κ3) is 7.25. The highest BCUT2D eigenvalue weighted by atomic mass is 35.5. The Kier molecular flexibility index (Phi) is 8.84. The second-order valence-electron chi connectivity index (χ2n) is 8.48. The van der Waals surface area contributed by atoms with Gasteiger partial charge >= 0.3 is 18.1 Å². The first kappa shape index (κ1) is 30.1. The summed E-state index contributed by atoms with van der Waals surface area (Å²) in [6.07, 6.45) is -3.42. The first-order chi connectivity index (χ1) is 19.8. The van der Waals surface area contributed by atoms with Crippen molar-refractivity contribution in [2.24, 2.45) is 10.3 Å². The molecule has 3 aromatic rings. The van der Waals surface area contributed by atoms with Crippen LogP contribution < -0.4 is 21.4 Å². The number of pyridine rings is 1. The molecule has 0 spiro atoms. The van der Waals surface area contributed by atoms with E-state index in [0.29, 0.717) is 10.3 Å². The van der Waals surface area contributed by atoms with Gasteiger partial charge in [-0.25, -0.2) is 14.8 Å². The van der Waals surface area contributed by atoms with Crippen molar-refractivity contribution in [2.75, 3.05) is 23.5 Å². The van der Waals surface area contributed by atoms with Crippen molar-refractivity contribution in [2.45, 2.75) is 25.2 Å². The highest BCUT2D eigenvalue weighted by molar-refractivity contribution is 6.29. The van der Waals surface area contributed by atoms with Gasteiger partial charge in [-0.05, 0) is 29.8 Å². The van der Waals surface area contributed by atoms with Crippen LogP contribution in [0.2, 0.25) is 5.15 Å². The summed E-state index contributed by atoms with van der Waals surface area (Å²) in [6.45, 7) is -2.59. The number of nitrogens with zero attached hydrogens (tertiary/aromatic N) is 7. The molecule has 2 N–H and O–H groups in total. The van der Waals surface area contributed by atoms with Crippen molar-refractivity contribution in [1.82, 2.24) is 25.1 Å². The van der Waals surface area contributed by atoms with E-state index in [1.54, 1.807) is 0 Å². The fraction of sp³-hybridized carbons (Fsp3) is 0.261. The lowest BCUT2D eigenvalue weighted by Gasteiger charge is -2.23. The van der Waals surface area contributed by atoms with Crippen molar-refractivity contribution in [3.63, 3.8) is 0 Å². The summed E-state index contributed by atoms with van der Waals surface area (Å²) in [7, 11) is 0. The summed E-state index contributed by atoms with van der Waals surface area (Å²) >= 11 is 5.98. The Morgan fingerprint density at radius 1 is 1.10 bits per heavy atom.